The van der Waals surface area contributed by atoms with E-state index in [1.54, 1.807) is 23.1 Å². The average Bonchev–Trinajstić information content (AvgIpc) is 2.74. The second-order valence-electron chi connectivity index (χ2n) is 6.82. The Morgan fingerprint density at radius 3 is 2.65 bits per heavy atom. The first kappa shape index (κ1) is 15.9. The number of benzene rings is 1. The number of primary amides is 1. The zero-order valence-electron chi connectivity index (χ0n) is 12.9. The van der Waals surface area contributed by atoms with E-state index >= 15 is 0 Å². The SMILES string of the molecule is CC1(C)CC(=O)C2=CC(=O)N(c3ccc(C(N)=O)cc3Br)C2C1. The van der Waals surface area contributed by atoms with Gasteiger partial charge >= 0.3 is 0 Å². The van der Waals surface area contributed by atoms with Gasteiger partial charge in [-0.25, -0.2) is 0 Å². The Labute approximate surface area is 142 Å². The van der Waals surface area contributed by atoms with Gasteiger partial charge in [-0.2, -0.15) is 0 Å². The monoisotopic (exact) mass is 376 g/mol. The topological polar surface area (TPSA) is 80.5 Å². The number of amides is 2. The lowest BCUT2D eigenvalue weighted by atomic mass is 9.72. The van der Waals surface area contributed by atoms with Crippen molar-refractivity contribution in [2.45, 2.75) is 32.7 Å². The Kier molecular flexibility index (Phi) is 3.67. The highest BCUT2D eigenvalue weighted by Crippen LogP contribution is 2.43. The molecule has 2 amide bonds. The van der Waals surface area contributed by atoms with Crippen molar-refractivity contribution in [1.29, 1.82) is 0 Å². The van der Waals surface area contributed by atoms with Crippen LogP contribution in [0.4, 0.5) is 5.69 Å². The van der Waals surface area contributed by atoms with Crippen LogP contribution in [0.3, 0.4) is 0 Å². The lowest BCUT2D eigenvalue weighted by Gasteiger charge is -2.38. The minimum atomic E-state index is -0.530. The highest BCUT2D eigenvalue weighted by molar-refractivity contribution is 9.10. The molecule has 1 unspecified atom stereocenters. The van der Waals surface area contributed by atoms with E-state index in [9.17, 15) is 14.4 Å². The summed E-state index contributed by atoms with van der Waals surface area (Å²) in [6.07, 6.45) is 2.62. The molecule has 1 atom stereocenters. The van der Waals surface area contributed by atoms with Gasteiger partial charge in [-0.05, 0) is 46.0 Å². The molecular formula is C17H17BrN2O3. The average molecular weight is 377 g/mol. The number of rotatable bonds is 2. The van der Waals surface area contributed by atoms with Crippen LogP contribution >= 0.6 is 15.9 Å². The van der Waals surface area contributed by atoms with Crippen molar-refractivity contribution in [3.8, 4) is 0 Å². The molecular weight excluding hydrogens is 360 g/mol. The lowest BCUT2D eigenvalue weighted by Crippen LogP contribution is -2.43. The van der Waals surface area contributed by atoms with E-state index in [4.69, 9.17) is 5.73 Å². The number of Topliss-reactive ketones (excluding diaryl/α,β-unsaturated/α-hetero) is 1. The van der Waals surface area contributed by atoms with Crippen LogP contribution < -0.4 is 10.6 Å². The van der Waals surface area contributed by atoms with Crippen LogP contribution in [0.5, 0.6) is 0 Å². The molecule has 0 bridgehead atoms. The number of ketones is 1. The van der Waals surface area contributed by atoms with Crippen molar-refractivity contribution in [2.24, 2.45) is 11.1 Å². The maximum Gasteiger partial charge on any atom is 0.252 e. The molecule has 0 radical (unpaired) electrons. The fourth-order valence-corrected chi connectivity index (χ4v) is 3.90. The van der Waals surface area contributed by atoms with Crippen LogP contribution in [0.25, 0.3) is 0 Å². The van der Waals surface area contributed by atoms with E-state index in [-0.39, 0.29) is 23.1 Å². The zero-order valence-corrected chi connectivity index (χ0v) is 14.5. The molecule has 1 aliphatic carbocycles. The molecule has 0 spiro atoms. The summed E-state index contributed by atoms with van der Waals surface area (Å²) in [5, 5.41) is 0. The molecule has 1 heterocycles. The van der Waals surface area contributed by atoms with E-state index in [0.29, 0.717) is 27.7 Å². The predicted molar refractivity (Wildman–Crippen MR) is 90.0 cm³/mol. The van der Waals surface area contributed by atoms with Crippen molar-refractivity contribution >= 4 is 39.2 Å². The third-order valence-electron chi connectivity index (χ3n) is 4.39. The molecule has 3 rings (SSSR count). The highest BCUT2D eigenvalue weighted by Gasteiger charge is 2.45. The molecule has 1 aromatic carbocycles. The Hall–Kier alpha value is -1.95. The van der Waals surface area contributed by atoms with Gasteiger partial charge in [-0.3, -0.25) is 14.4 Å². The van der Waals surface area contributed by atoms with Crippen LogP contribution in [-0.2, 0) is 9.59 Å². The summed E-state index contributed by atoms with van der Waals surface area (Å²) in [6.45, 7) is 4.07. The fourth-order valence-electron chi connectivity index (χ4n) is 3.33. The number of fused-ring (bicyclic) bond motifs is 1. The van der Waals surface area contributed by atoms with Gasteiger partial charge in [0.25, 0.3) is 5.91 Å². The van der Waals surface area contributed by atoms with Gasteiger partial charge < -0.3 is 10.6 Å². The van der Waals surface area contributed by atoms with Gasteiger partial charge in [0, 0.05) is 28.1 Å². The second kappa shape index (κ2) is 5.30. The van der Waals surface area contributed by atoms with Crippen molar-refractivity contribution in [3.63, 3.8) is 0 Å². The van der Waals surface area contributed by atoms with E-state index in [1.165, 1.54) is 6.08 Å². The molecule has 1 saturated carbocycles. The minimum absolute atomic E-state index is 0.0342. The van der Waals surface area contributed by atoms with Gasteiger partial charge in [0.2, 0.25) is 5.91 Å². The Morgan fingerprint density at radius 2 is 2.04 bits per heavy atom. The lowest BCUT2D eigenvalue weighted by molar-refractivity contribution is -0.119. The third kappa shape index (κ3) is 2.72. The van der Waals surface area contributed by atoms with Crippen molar-refractivity contribution in [1.82, 2.24) is 0 Å². The molecule has 120 valence electrons. The molecule has 6 heteroatoms. The molecule has 23 heavy (non-hydrogen) atoms. The number of hydrogen-bond donors (Lipinski definition) is 1. The summed E-state index contributed by atoms with van der Waals surface area (Å²) < 4.78 is 0.604. The minimum Gasteiger partial charge on any atom is -0.366 e. The van der Waals surface area contributed by atoms with E-state index in [2.05, 4.69) is 15.9 Å². The van der Waals surface area contributed by atoms with Crippen LogP contribution in [0.15, 0.2) is 34.3 Å². The number of halogens is 1. The summed E-state index contributed by atoms with van der Waals surface area (Å²) in [5.41, 5.74) is 6.71. The summed E-state index contributed by atoms with van der Waals surface area (Å²) in [4.78, 5) is 37.7. The number of carbonyl (C=O) groups is 3. The molecule has 2 aliphatic rings. The second-order valence-corrected chi connectivity index (χ2v) is 7.68. The Bertz CT molecular complexity index is 767. The van der Waals surface area contributed by atoms with Gasteiger partial charge in [0.15, 0.2) is 5.78 Å². The van der Waals surface area contributed by atoms with E-state index in [0.717, 1.165) is 6.42 Å². The number of hydrogen-bond acceptors (Lipinski definition) is 3. The molecule has 1 fully saturated rings. The maximum atomic E-state index is 12.5. The molecule has 0 aromatic heterocycles. The smallest absolute Gasteiger partial charge is 0.252 e. The number of carbonyl (C=O) groups excluding carboxylic acids is 3. The fraction of sp³-hybridized carbons (Fsp3) is 0.353. The van der Waals surface area contributed by atoms with Crippen LogP contribution in [0, 0.1) is 5.41 Å². The maximum absolute atomic E-state index is 12.5. The first-order chi connectivity index (χ1) is 10.7. The van der Waals surface area contributed by atoms with Gasteiger partial charge in [-0.1, -0.05) is 13.8 Å². The number of nitrogens with zero attached hydrogens (tertiary/aromatic N) is 1. The zero-order chi connectivity index (χ0) is 16.9. The quantitative estimate of drug-likeness (QED) is 0.860. The Balaban J connectivity index is 2.02. The number of anilines is 1. The first-order valence-corrected chi connectivity index (χ1v) is 8.16. The Morgan fingerprint density at radius 1 is 1.35 bits per heavy atom. The predicted octanol–water partition coefficient (Wildman–Crippen LogP) is 2.58. The van der Waals surface area contributed by atoms with Crippen molar-refractivity contribution < 1.29 is 14.4 Å². The van der Waals surface area contributed by atoms with Gasteiger partial charge in [0.1, 0.15) is 0 Å². The third-order valence-corrected chi connectivity index (χ3v) is 5.02. The molecule has 1 aliphatic heterocycles. The first-order valence-electron chi connectivity index (χ1n) is 7.37. The van der Waals surface area contributed by atoms with Crippen LogP contribution in [-0.4, -0.2) is 23.6 Å². The molecule has 1 aromatic rings. The normalized spacial score (nSPS) is 22.8. The van der Waals surface area contributed by atoms with E-state index in [1.807, 2.05) is 13.8 Å². The summed E-state index contributed by atoms with van der Waals surface area (Å²) in [5.74, 6) is -0.701. The molecule has 2 N–H and O–H groups in total. The molecule has 5 nitrogen and oxygen atoms in total. The molecule has 0 saturated heterocycles. The van der Waals surface area contributed by atoms with E-state index < -0.39 is 5.91 Å². The van der Waals surface area contributed by atoms with Gasteiger partial charge in [0.05, 0.1) is 11.7 Å². The summed E-state index contributed by atoms with van der Waals surface area (Å²) >= 11 is 3.40. The highest BCUT2D eigenvalue weighted by atomic mass is 79.9. The number of nitrogens with two attached hydrogens (primary N) is 1. The van der Waals surface area contributed by atoms with Crippen LogP contribution in [0.2, 0.25) is 0 Å². The summed E-state index contributed by atoms with van der Waals surface area (Å²) in [7, 11) is 0. The standard InChI is InChI=1S/C17H17BrN2O3/c1-17(2)7-13-10(14(21)8-17)6-15(22)20(13)12-4-3-9(16(19)23)5-11(12)18/h3-6,13H,7-8H2,1-2H3,(H2,19,23). The van der Waals surface area contributed by atoms with Crippen LogP contribution in [0.1, 0.15) is 37.0 Å². The van der Waals surface area contributed by atoms with Crippen molar-refractivity contribution in [2.75, 3.05) is 4.90 Å². The van der Waals surface area contributed by atoms with Crippen molar-refractivity contribution in [3.05, 3.63) is 39.9 Å². The van der Waals surface area contributed by atoms with Gasteiger partial charge in [-0.15, -0.1) is 0 Å². The largest absolute Gasteiger partial charge is 0.366 e. The summed E-state index contributed by atoms with van der Waals surface area (Å²) in [6, 6.07) is 4.61.